The van der Waals surface area contributed by atoms with Gasteiger partial charge in [-0.25, -0.2) is 9.18 Å². The van der Waals surface area contributed by atoms with Crippen LogP contribution in [-0.2, 0) is 14.3 Å². The van der Waals surface area contributed by atoms with Crippen LogP contribution in [-0.4, -0.2) is 29.9 Å². The van der Waals surface area contributed by atoms with Gasteiger partial charge in [-0.2, -0.15) is 0 Å². The molecule has 3 aliphatic heterocycles. The predicted octanol–water partition coefficient (Wildman–Crippen LogP) is 2.66. The van der Waals surface area contributed by atoms with E-state index in [4.69, 9.17) is 4.74 Å². The molecule has 3 heterocycles. The van der Waals surface area contributed by atoms with Crippen molar-refractivity contribution in [3.63, 3.8) is 0 Å². The Kier molecular flexibility index (Phi) is 3.57. The maximum atomic E-state index is 13.6. The van der Waals surface area contributed by atoms with E-state index in [1.165, 1.54) is 17.8 Å². The maximum Gasteiger partial charge on any atom is 0.337 e. The van der Waals surface area contributed by atoms with Crippen LogP contribution in [0.5, 0.6) is 0 Å². The zero-order chi connectivity index (χ0) is 16.1. The number of carbonyl (C=O) groups is 2. The molecule has 3 aliphatic rings. The first-order valence-corrected chi connectivity index (χ1v) is 8.97. The molecule has 0 aromatic heterocycles. The lowest BCUT2D eigenvalue weighted by atomic mass is 9.79. The van der Waals surface area contributed by atoms with Crippen LogP contribution >= 0.6 is 27.7 Å². The number of hydrogen-bond acceptors (Lipinski definition) is 5. The van der Waals surface area contributed by atoms with Gasteiger partial charge in [0.1, 0.15) is 12.4 Å². The average molecular weight is 396 g/mol. The molecule has 0 aliphatic carbocycles. The van der Waals surface area contributed by atoms with Crippen molar-refractivity contribution in [3.05, 3.63) is 56.6 Å². The van der Waals surface area contributed by atoms with E-state index >= 15 is 0 Å². The molecule has 4 rings (SSSR count). The third kappa shape index (κ3) is 2.33. The molecule has 0 fully saturated rings. The zero-order valence-electron chi connectivity index (χ0n) is 11.8. The second-order valence-corrected chi connectivity index (χ2v) is 7.35. The molecule has 0 radical (unpaired) electrons. The molecule has 118 valence electrons. The number of cyclic esters (lactones) is 1. The highest BCUT2D eigenvalue weighted by Crippen LogP contribution is 2.44. The number of hydrogen-bond donors (Lipinski definition) is 1. The van der Waals surface area contributed by atoms with Gasteiger partial charge in [-0.05, 0) is 33.6 Å². The first kappa shape index (κ1) is 15.0. The number of Topliss-reactive ketones (excluding diaryl/α,β-unsaturated/α-hetero) is 1. The van der Waals surface area contributed by atoms with Gasteiger partial charge < -0.3 is 10.1 Å². The number of ketones is 1. The summed E-state index contributed by atoms with van der Waals surface area (Å²) >= 11 is 4.71. The lowest BCUT2D eigenvalue weighted by Crippen LogP contribution is -2.34. The van der Waals surface area contributed by atoms with Gasteiger partial charge in [-0.1, -0.05) is 6.07 Å². The SMILES string of the molecule is O=C1CSCC2=C1C(c1ccc(F)c(Br)c1)C1=C(COC1=O)N2. The number of nitrogens with one attached hydrogen (secondary N) is 1. The van der Waals surface area contributed by atoms with Gasteiger partial charge in [-0.3, -0.25) is 4.79 Å². The average Bonchev–Trinajstić information content (AvgIpc) is 2.90. The number of carbonyl (C=O) groups excluding carboxylic acids is 2. The lowest BCUT2D eigenvalue weighted by Gasteiger charge is -2.31. The molecule has 0 bridgehead atoms. The maximum absolute atomic E-state index is 13.6. The summed E-state index contributed by atoms with van der Waals surface area (Å²) in [5, 5.41) is 3.19. The van der Waals surface area contributed by atoms with Crippen LogP contribution in [0.1, 0.15) is 11.5 Å². The minimum absolute atomic E-state index is 0.000414. The smallest absolute Gasteiger partial charge is 0.337 e. The molecule has 0 saturated carbocycles. The monoisotopic (exact) mass is 395 g/mol. The van der Waals surface area contributed by atoms with Crippen LogP contribution in [0.3, 0.4) is 0 Å². The second-order valence-electron chi connectivity index (χ2n) is 5.51. The number of allylic oxidation sites excluding steroid dienone is 1. The summed E-state index contributed by atoms with van der Waals surface area (Å²) in [5.74, 6) is -0.231. The summed E-state index contributed by atoms with van der Waals surface area (Å²) in [4.78, 5) is 24.7. The lowest BCUT2D eigenvalue weighted by molar-refractivity contribution is -0.136. The number of esters is 1. The molecule has 1 atom stereocenters. The molecule has 1 unspecified atom stereocenters. The third-order valence-electron chi connectivity index (χ3n) is 4.15. The van der Waals surface area contributed by atoms with E-state index < -0.39 is 11.9 Å². The molecular formula is C16H11BrFNO3S. The van der Waals surface area contributed by atoms with Gasteiger partial charge in [0.15, 0.2) is 5.78 Å². The van der Waals surface area contributed by atoms with Crippen molar-refractivity contribution in [2.24, 2.45) is 0 Å². The summed E-state index contributed by atoms with van der Waals surface area (Å²) < 4.78 is 19.0. The summed E-state index contributed by atoms with van der Waals surface area (Å²) in [6, 6.07) is 4.58. The number of rotatable bonds is 1. The first-order valence-electron chi connectivity index (χ1n) is 7.02. The fourth-order valence-corrected chi connectivity index (χ4v) is 4.44. The van der Waals surface area contributed by atoms with Crippen molar-refractivity contribution >= 4 is 39.4 Å². The van der Waals surface area contributed by atoms with Gasteiger partial charge in [0, 0.05) is 22.9 Å². The fraction of sp³-hybridized carbons (Fsp3) is 0.250. The third-order valence-corrected chi connectivity index (χ3v) is 5.72. The van der Waals surface area contributed by atoms with Gasteiger partial charge >= 0.3 is 5.97 Å². The molecule has 1 N–H and O–H groups in total. The number of dihydropyridines is 1. The summed E-state index contributed by atoms with van der Waals surface area (Å²) in [5.41, 5.74) is 3.30. The molecule has 0 spiro atoms. The van der Waals surface area contributed by atoms with Crippen LogP contribution in [0, 0.1) is 5.82 Å². The Morgan fingerprint density at radius 3 is 2.83 bits per heavy atom. The van der Waals surface area contributed by atoms with Crippen molar-refractivity contribution < 1.29 is 18.7 Å². The van der Waals surface area contributed by atoms with Crippen molar-refractivity contribution in [1.29, 1.82) is 0 Å². The van der Waals surface area contributed by atoms with Gasteiger partial charge in [0.2, 0.25) is 0 Å². The minimum atomic E-state index is -0.499. The number of halogens is 2. The van der Waals surface area contributed by atoms with Gasteiger partial charge in [-0.15, -0.1) is 11.8 Å². The summed E-state index contributed by atoms with van der Waals surface area (Å²) in [7, 11) is 0. The molecule has 7 heteroatoms. The molecule has 1 aromatic carbocycles. The van der Waals surface area contributed by atoms with E-state index in [0.29, 0.717) is 38.4 Å². The Hall–Kier alpha value is -1.60. The molecule has 23 heavy (non-hydrogen) atoms. The van der Waals surface area contributed by atoms with E-state index in [2.05, 4.69) is 21.2 Å². The molecule has 0 amide bonds. The Bertz CT molecular complexity index is 818. The highest BCUT2D eigenvalue weighted by atomic mass is 79.9. The van der Waals surface area contributed by atoms with Crippen molar-refractivity contribution in [2.45, 2.75) is 5.92 Å². The van der Waals surface area contributed by atoms with Crippen LogP contribution in [0.4, 0.5) is 4.39 Å². The largest absolute Gasteiger partial charge is 0.456 e. The predicted molar refractivity (Wildman–Crippen MR) is 87.3 cm³/mol. The van der Waals surface area contributed by atoms with Crippen molar-refractivity contribution in [1.82, 2.24) is 5.32 Å². The quantitative estimate of drug-likeness (QED) is 0.740. The molecule has 4 nitrogen and oxygen atoms in total. The van der Waals surface area contributed by atoms with Crippen LogP contribution in [0.15, 0.2) is 45.2 Å². The van der Waals surface area contributed by atoms with E-state index in [-0.39, 0.29) is 18.2 Å². The first-order chi connectivity index (χ1) is 11.1. The Morgan fingerprint density at radius 2 is 2.04 bits per heavy atom. The van der Waals surface area contributed by atoms with E-state index in [1.54, 1.807) is 12.1 Å². The number of ether oxygens (including phenoxy) is 1. The highest BCUT2D eigenvalue weighted by molar-refractivity contribution is 9.10. The van der Waals surface area contributed by atoms with Crippen molar-refractivity contribution in [2.75, 3.05) is 18.1 Å². The van der Waals surface area contributed by atoms with Crippen LogP contribution in [0.2, 0.25) is 0 Å². The Labute approximate surface area is 144 Å². The van der Waals surface area contributed by atoms with Crippen LogP contribution < -0.4 is 5.32 Å². The normalized spacial score (nSPS) is 23.5. The van der Waals surface area contributed by atoms with E-state index in [1.807, 2.05) is 0 Å². The van der Waals surface area contributed by atoms with Crippen LogP contribution in [0.25, 0.3) is 0 Å². The number of thioether (sulfide) groups is 1. The van der Waals surface area contributed by atoms with Gasteiger partial charge in [0.25, 0.3) is 0 Å². The summed E-state index contributed by atoms with van der Waals surface area (Å²) in [6.45, 7) is 0.183. The van der Waals surface area contributed by atoms with Crippen molar-refractivity contribution in [3.8, 4) is 0 Å². The van der Waals surface area contributed by atoms with E-state index in [0.717, 1.165) is 5.70 Å². The zero-order valence-corrected chi connectivity index (χ0v) is 14.2. The van der Waals surface area contributed by atoms with Gasteiger partial charge in [0.05, 0.1) is 21.5 Å². The fourth-order valence-electron chi connectivity index (χ4n) is 3.17. The topological polar surface area (TPSA) is 55.4 Å². The highest BCUT2D eigenvalue weighted by Gasteiger charge is 2.42. The van der Waals surface area contributed by atoms with E-state index in [9.17, 15) is 14.0 Å². The summed E-state index contributed by atoms with van der Waals surface area (Å²) in [6.07, 6.45) is 0. The minimum Gasteiger partial charge on any atom is -0.456 e. The molecular weight excluding hydrogens is 385 g/mol. The second kappa shape index (κ2) is 5.49. The number of benzene rings is 1. The Balaban J connectivity index is 1.91. The standard InChI is InChI=1S/C16H11BrFNO3S/c17-8-3-7(1-2-9(8)18)13-14-11(5-23-6-12(14)20)19-10-4-22-16(21)15(10)13/h1-3,13,19H,4-6H2. The molecule has 1 aromatic rings. The Morgan fingerprint density at radius 1 is 1.22 bits per heavy atom. The molecule has 0 saturated heterocycles.